The monoisotopic (exact) mass is 304 g/mol. The van der Waals surface area contributed by atoms with Crippen LogP contribution in [0.5, 0.6) is 0 Å². The Morgan fingerprint density at radius 1 is 1.29 bits per heavy atom. The number of hydrogen-bond acceptors (Lipinski definition) is 3. The number of carbonyl (C=O) groups excluding carboxylic acids is 1. The molecule has 1 aliphatic heterocycles. The molecule has 0 aliphatic carbocycles. The molecule has 4 nitrogen and oxygen atoms in total. The lowest BCUT2D eigenvalue weighted by molar-refractivity contribution is 0.0726. The van der Waals surface area contributed by atoms with Crippen molar-refractivity contribution in [1.82, 2.24) is 9.47 Å². The van der Waals surface area contributed by atoms with E-state index in [2.05, 4.69) is 0 Å². The fourth-order valence-corrected chi connectivity index (χ4v) is 4.07. The molecule has 0 N–H and O–H groups in total. The fraction of sp³-hybridized carbons (Fsp3) is 0.500. The van der Waals surface area contributed by atoms with Crippen molar-refractivity contribution in [3.63, 3.8) is 0 Å². The van der Waals surface area contributed by atoms with Gasteiger partial charge in [0.1, 0.15) is 0 Å². The Hall–Kier alpha value is -1.62. The van der Waals surface area contributed by atoms with E-state index in [1.807, 2.05) is 31.0 Å². The maximum absolute atomic E-state index is 12.8. The Morgan fingerprint density at radius 2 is 2.00 bits per heavy atom. The molecule has 2 aromatic heterocycles. The standard InChI is InChI=1S/C16H20N2O2S/c1-3-17-10-7-12-14(16(17)20)13(11(2)21-12)15(19)18-8-5-4-6-9-18/h7,10H,3-6,8-9H2,1-2H3. The minimum Gasteiger partial charge on any atom is -0.339 e. The highest BCUT2D eigenvalue weighted by molar-refractivity contribution is 7.19. The van der Waals surface area contributed by atoms with Crippen LogP contribution in [0.4, 0.5) is 0 Å². The van der Waals surface area contributed by atoms with E-state index in [0.717, 1.165) is 35.5 Å². The molecule has 0 saturated carbocycles. The number of aryl methyl sites for hydroxylation is 2. The summed E-state index contributed by atoms with van der Waals surface area (Å²) >= 11 is 1.54. The third-order valence-electron chi connectivity index (χ3n) is 4.19. The lowest BCUT2D eigenvalue weighted by Crippen LogP contribution is -2.36. The zero-order valence-corrected chi connectivity index (χ0v) is 13.3. The quantitative estimate of drug-likeness (QED) is 0.856. The zero-order valence-electron chi connectivity index (χ0n) is 12.5. The maximum atomic E-state index is 12.8. The van der Waals surface area contributed by atoms with Crippen molar-refractivity contribution in [2.45, 2.75) is 39.7 Å². The number of carbonyl (C=O) groups is 1. The van der Waals surface area contributed by atoms with Crippen molar-refractivity contribution in [1.29, 1.82) is 0 Å². The highest BCUT2D eigenvalue weighted by Crippen LogP contribution is 2.30. The number of likely N-dealkylation sites (tertiary alicyclic amines) is 1. The summed E-state index contributed by atoms with van der Waals surface area (Å²) in [5.41, 5.74) is 0.587. The van der Waals surface area contributed by atoms with Gasteiger partial charge in [0.15, 0.2) is 0 Å². The first-order chi connectivity index (χ1) is 10.1. The van der Waals surface area contributed by atoms with Crippen molar-refractivity contribution >= 4 is 27.3 Å². The Bertz CT molecular complexity index is 739. The zero-order chi connectivity index (χ0) is 15.0. The molecule has 21 heavy (non-hydrogen) atoms. The second kappa shape index (κ2) is 5.64. The summed E-state index contributed by atoms with van der Waals surface area (Å²) in [6, 6.07) is 1.95. The molecule has 0 radical (unpaired) electrons. The van der Waals surface area contributed by atoms with Crippen LogP contribution < -0.4 is 5.56 Å². The number of piperidine rings is 1. The smallest absolute Gasteiger partial charge is 0.260 e. The minimum atomic E-state index is -0.0419. The first kappa shape index (κ1) is 14.3. The Labute approximate surface area is 128 Å². The van der Waals surface area contributed by atoms with Crippen LogP contribution in [0.1, 0.15) is 41.4 Å². The Kier molecular flexibility index (Phi) is 3.85. The van der Waals surface area contributed by atoms with Gasteiger partial charge in [-0.25, -0.2) is 0 Å². The summed E-state index contributed by atoms with van der Waals surface area (Å²) < 4.78 is 2.59. The van der Waals surface area contributed by atoms with Gasteiger partial charge in [0.05, 0.1) is 10.9 Å². The van der Waals surface area contributed by atoms with E-state index in [1.165, 1.54) is 6.42 Å². The van der Waals surface area contributed by atoms with Crippen LogP contribution >= 0.6 is 11.3 Å². The van der Waals surface area contributed by atoms with Gasteiger partial charge in [0, 0.05) is 35.4 Å². The Balaban J connectivity index is 2.14. The van der Waals surface area contributed by atoms with Crippen molar-refractivity contribution < 1.29 is 4.79 Å². The number of aromatic nitrogens is 1. The molecular formula is C16H20N2O2S. The SMILES string of the molecule is CCn1ccc2sc(C)c(C(=O)N3CCCCC3)c2c1=O. The molecule has 1 fully saturated rings. The van der Waals surface area contributed by atoms with Crippen LogP contribution in [0.3, 0.4) is 0 Å². The van der Waals surface area contributed by atoms with Crippen LogP contribution in [0.2, 0.25) is 0 Å². The van der Waals surface area contributed by atoms with E-state index in [1.54, 1.807) is 15.9 Å². The summed E-state index contributed by atoms with van der Waals surface area (Å²) in [7, 11) is 0. The average molecular weight is 304 g/mol. The van der Waals surface area contributed by atoms with E-state index in [4.69, 9.17) is 0 Å². The number of amides is 1. The molecule has 0 atom stereocenters. The predicted octanol–water partition coefficient (Wildman–Crippen LogP) is 3.02. The number of fused-ring (bicyclic) bond motifs is 1. The summed E-state index contributed by atoms with van der Waals surface area (Å²) in [5, 5.41) is 0.609. The van der Waals surface area contributed by atoms with Crippen LogP contribution in [-0.4, -0.2) is 28.5 Å². The molecule has 1 aliphatic rings. The van der Waals surface area contributed by atoms with Gasteiger partial charge in [0.25, 0.3) is 11.5 Å². The van der Waals surface area contributed by atoms with E-state index in [-0.39, 0.29) is 11.5 Å². The fourth-order valence-electron chi connectivity index (χ4n) is 3.03. The molecule has 0 aromatic carbocycles. The van der Waals surface area contributed by atoms with Crippen LogP contribution in [-0.2, 0) is 6.54 Å². The molecule has 3 rings (SSSR count). The Morgan fingerprint density at radius 3 is 2.67 bits per heavy atom. The van der Waals surface area contributed by atoms with Crippen molar-refractivity contribution in [3.05, 3.63) is 33.1 Å². The molecule has 3 heterocycles. The van der Waals surface area contributed by atoms with Crippen molar-refractivity contribution in [2.24, 2.45) is 0 Å². The van der Waals surface area contributed by atoms with Crippen molar-refractivity contribution in [3.8, 4) is 0 Å². The van der Waals surface area contributed by atoms with Gasteiger partial charge in [-0.05, 0) is 39.2 Å². The number of nitrogens with zero attached hydrogens (tertiary/aromatic N) is 2. The van der Waals surface area contributed by atoms with Gasteiger partial charge in [0.2, 0.25) is 0 Å². The first-order valence-electron chi connectivity index (χ1n) is 7.55. The third-order valence-corrected chi connectivity index (χ3v) is 5.26. The normalized spacial score (nSPS) is 15.6. The van der Waals surface area contributed by atoms with Gasteiger partial charge < -0.3 is 9.47 Å². The highest BCUT2D eigenvalue weighted by Gasteiger charge is 2.25. The number of rotatable bonds is 2. The molecule has 1 saturated heterocycles. The van der Waals surface area contributed by atoms with Gasteiger partial charge >= 0.3 is 0 Å². The van der Waals surface area contributed by atoms with E-state index >= 15 is 0 Å². The molecule has 5 heteroatoms. The number of pyridine rings is 1. The summed E-state index contributed by atoms with van der Waals surface area (Å²) in [4.78, 5) is 28.3. The van der Waals surface area contributed by atoms with E-state index in [0.29, 0.717) is 17.5 Å². The molecule has 112 valence electrons. The van der Waals surface area contributed by atoms with Gasteiger partial charge in [-0.3, -0.25) is 9.59 Å². The molecular weight excluding hydrogens is 284 g/mol. The first-order valence-corrected chi connectivity index (χ1v) is 8.37. The maximum Gasteiger partial charge on any atom is 0.260 e. The second-order valence-corrected chi connectivity index (χ2v) is 6.79. The molecule has 1 amide bonds. The predicted molar refractivity (Wildman–Crippen MR) is 86.3 cm³/mol. The van der Waals surface area contributed by atoms with Gasteiger partial charge in [-0.2, -0.15) is 0 Å². The summed E-state index contributed by atoms with van der Waals surface area (Å²) in [6.07, 6.45) is 5.13. The average Bonchev–Trinajstić information content (AvgIpc) is 2.85. The topological polar surface area (TPSA) is 42.3 Å². The van der Waals surface area contributed by atoms with E-state index < -0.39 is 0 Å². The lowest BCUT2D eigenvalue weighted by atomic mass is 10.1. The molecule has 2 aromatic rings. The highest BCUT2D eigenvalue weighted by atomic mass is 32.1. The van der Waals surface area contributed by atoms with Crippen LogP contribution in [0, 0.1) is 6.92 Å². The molecule has 0 unspecified atom stereocenters. The largest absolute Gasteiger partial charge is 0.339 e. The van der Waals surface area contributed by atoms with Gasteiger partial charge in [-0.1, -0.05) is 0 Å². The summed E-state index contributed by atoms with van der Waals surface area (Å²) in [6.45, 7) is 6.13. The van der Waals surface area contributed by atoms with Crippen LogP contribution in [0.15, 0.2) is 17.1 Å². The van der Waals surface area contributed by atoms with Crippen LogP contribution in [0.25, 0.3) is 10.1 Å². The third kappa shape index (κ3) is 2.39. The number of thiophene rings is 1. The second-order valence-electron chi connectivity index (χ2n) is 5.53. The number of hydrogen-bond donors (Lipinski definition) is 0. The minimum absolute atomic E-state index is 0.0319. The lowest BCUT2D eigenvalue weighted by Gasteiger charge is -2.26. The summed E-state index contributed by atoms with van der Waals surface area (Å²) in [5.74, 6) is 0.0319. The van der Waals surface area contributed by atoms with E-state index in [9.17, 15) is 9.59 Å². The van der Waals surface area contributed by atoms with Gasteiger partial charge in [-0.15, -0.1) is 11.3 Å². The van der Waals surface area contributed by atoms with Crippen molar-refractivity contribution in [2.75, 3.05) is 13.1 Å². The molecule has 0 spiro atoms. The molecule has 0 bridgehead atoms.